The molecule has 1 heteroatoms. The molecule has 54 valence electrons. The van der Waals surface area contributed by atoms with E-state index in [-0.39, 0.29) is 5.75 Å². The van der Waals surface area contributed by atoms with Crippen molar-refractivity contribution in [2.75, 3.05) is 0 Å². The Morgan fingerprint density at radius 3 is 1.91 bits per heavy atom. The van der Waals surface area contributed by atoms with E-state index >= 15 is 0 Å². The molecule has 0 aliphatic heterocycles. The molecule has 0 radical (unpaired) electrons. The summed E-state index contributed by atoms with van der Waals surface area (Å²) in [6.07, 6.45) is 13.1. The van der Waals surface area contributed by atoms with Crippen LogP contribution in [-0.2, 0) is 0 Å². The summed E-state index contributed by atoms with van der Waals surface area (Å²) in [5.41, 5.74) is 0.785. The van der Waals surface area contributed by atoms with Crippen LogP contribution in [0.2, 0.25) is 0 Å². The van der Waals surface area contributed by atoms with E-state index in [1.807, 2.05) is 0 Å². The summed E-state index contributed by atoms with van der Waals surface area (Å²) < 4.78 is 0. The second kappa shape index (κ2) is 4.97. The van der Waals surface area contributed by atoms with E-state index in [0.717, 1.165) is 5.56 Å². The fourth-order valence-corrected chi connectivity index (χ4v) is 0.558. The molecule has 0 fully saturated rings. The van der Waals surface area contributed by atoms with Gasteiger partial charge in [0.25, 0.3) is 0 Å². The van der Waals surface area contributed by atoms with E-state index in [2.05, 4.69) is 18.8 Å². The Morgan fingerprint density at radius 2 is 1.55 bits per heavy atom. The number of aromatic hydroxyl groups is 1. The molecule has 0 amide bonds. The molecule has 0 aliphatic rings. The smallest absolute Gasteiger partial charge is 0.115 e. The van der Waals surface area contributed by atoms with Crippen molar-refractivity contribution in [2.45, 2.75) is 0 Å². The van der Waals surface area contributed by atoms with Gasteiger partial charge in [0, 0.05) is 5.56 Å². The van der Waals surface area contributed by atoms with Crippen LogP contribution in [0.3, 0.4) is 0 Å². The van der Waals surface area contributed by atoms with E-state index in [1.165, 1.54) is 0 Å². The minimum atomic E-state index is 0.244. The zero-order chi connectivity index (χ0) is 8.69. The first-order chi connectivity index (χ1) is 5.33. The number of hydrogen-bond donors (Lipinski definition) is 1. The molecule has 0 unspecified atom stereocenters. The summed E-state index contributed by atoms with van der Waals surface area (Å²) >= 11 is 0. The molecule has 0 atom stereocenters. The van der Waals surface area contributed by atoms with Crippen LogP contribution >= 0.6 is 0 Å². The van der Waals surface area contributed by atoms with Crippen LogP contribution in [0, 0.1) is 25.2 Å². The van der Waals surface area contributed by atoms with Crippen molar-refractivity contribution in [3.05, 3.63) is 29.8 Å². The molecule has 1 aromatic carbocycles. The fourth-order valence-electron chi connectivity index (χ4n) is 0.558. The highest BCUT2D eigenvalue weighted by molar-refractivity contribution is 5.35. The van der Waals surface area contributed by atoms with Gasteiger partial charge in [-0.05, 0) is 24.3 Å². The van der Waals surface area contributed by atoms with Gasteiger partial charge in [-0.2, -0.15) is 0 Å². The number of benzene rings is 1. The first kappa shape index (κ1) is 9.14. The van der Waals surface area contributed by atoms with Gasteiger partial charge in [0.2, 0.25) is 0 Å². The third-order valence-corrected chi connectivity index (χ3v) is 1.03. The van der Waals surface area contributed by atoms with Crippen molar-refractivity contribution in [1.82, 2.24) is 0 Å². The molecular formula is C10H8O. The van der Waals surface area contributed by atoms with Crippen LogP contribution in [-0.4, -0.2) is 5.11 Å². The first-order valence-corrected chi connectivity index (χ1v) is 2.92. The summed E-state index contributed by atoms with van der Waals surface area (Å²) in [7, 11) is 0. The molecule has 1 rings (SSSR count). The molecule has 0 saturated heterocycles. The Morgan fingerprint density at radius 1 is 1.09 bits per heavy atom. The van der Waals surface area contributed by atoms with Gasteiger partial charge in [0.15, 0.2) is 0 Å². The van der Waals surface area contributed by atoms with Gasteiger partial charge in [-0.15, -0.1) is 19.3 Å². The largest absolute Gasteiger partial charge is 0.508 e. The molecule has 1 aromatic rings. The van der Waals surface area contributed by atoms with E-state index in [1.54, 1.807) is 24.3 Å². The van der Waals surface area contributed by atoms with Gasteiger partial charge in [0.05, 0.1) is 0 Å². The Bertz CT molecular complexity index is 261. The standard InChI is InChI=1S/C8H6O.C2H2/c1-2-7-3-5-8(9)6-4-7;1-2/h1,3-6,9H;1-2H. The molecular weight excluding hydrogens is 136 g/mol. The first-order valence-electron chi connectivity index (χ1n) is 2.92. The zero-order valence-corrected chi connectivity index (χ0v) is 5.99. The molecule has 0 saturated carbocycles. The predicted molar refractivity (Wildman–Crippen MR) is 45.9 cm³/mol. The molecule has 0 heterocycles. The van der Waals surface area contributed by atoms with Crippen molar-refractivity contribution < 1.29 is 5.11 Å². The molecule has 0 bridgehead atoms. The third kappa shape index (κ3) is 2.98. The van der Waals surface area contributed by atoms with Gasteiger partial charge in [-0.1, -0.05) is 5.92 Å². The molecule has 1 nitrogen and oxygen atoms in total. The van der Waals surface area contributed by atoms with Gasteiger partial charge in [-0.25, -0.2) is 0 Å². The lowest BCUT2D eigenvalue weighted by Crippen LogP contribution is -1.69. The SMILES string of the molecule is C#C.C#Cc1ccc(O)cc1. The maximum atomic E-state index is 8.78. The molecule has 1 N–H and O–H groups in total. The molecule has 0 spiro atoms. The minimum Gasteiger partial charge on any atom is -0.508 e. The highest BCUT2D eigenvalue weighted by Gasteiger charge is 1.84. The lowest BCUT2D eigenvalue weighted by atomic mass is 10.2. The van der Waals surface area contributed by atoms with Crippen LogP contribution < -0.4 is 0 Å². The number of phenolic OH excluding ortho intramolecular Hbond substituents is 1. The summed E-state index contributed by atoms with van der Waals surface area (Å²) in [4.78, 5) is 0. The van der Waals surface area contributed by atoms with Gasteiger partial charge < -0.3 is 5.11 Å². The van der Waals surface area contributed by atoms with Crippen LogP contribution in [0.25, 0.3) is 0 Å². The number of hydrogen-bond acceptors (Lipinski definition) is 1. The number of phenols is 1. The highest BCUT2D eigenvalue weighted by Crippen LogP contribution is 2.07. The van der Waals surface area contributed by atoms with E-state index < -0.39 is 0 Å². The van der Waals surface area contributed by atoms with Crippen molar-refractivity contribution in [2.24, 2.45) is 0 Å². The van der Waals surface area contributed by atoms with Crippen LogP contribution in [0.15, 0.2) is 24.3 Å². The predicted octanol–water partition coefficient (Wildman–Crippen LogP) is 1.62. The van der Waals surface area contributed by atoms with Crippen molar-refractivity contribution >= 4 is 0 Å². The lowest BCUT2D eigenvalue weighted by molar-refractivity contribution is 0.475. The second-order valence-electron chi connectivity index (χ2n) is 1.69. The summed E-state index contributed by atoms with van der Waals surface area (Å²) in [6, 6.07) is 6.51. The highest BCUT2D eigenvalue weighted by atomic mass is 16.3. The summed E-state index contributed by atoms with van der Waals surface area (Å²) in [6.45, 7) is 0. The maximum absolute atomic E-state index is 8.78. The van der Waals surface area contributed by atoms with Gasteiger partial charge >= 0.3 is 0 Å². The Labute approximate surface area is 66.7 Å². The monoisotopic (exact) mass is 144 g/mol. The van der Waals surface area contributed by atoms with E-state index in [4.69, 9.17) is 11.5 Å². The Kier molecular flexibility index (Phi) is 4.13. The van der Waals surface area contributed by atoms with Crippen molar-refractivity contribution in [3.63, 3.8) is 0 Å². The fraction of sp³-hybridized carbons (Fsp3) is 0. The number of terminal acetylenes is 2. The van der Waals surface area contributed by atoms with Gasteiger partial charge in [-0.3, -0.25) is 0 Å². The average molecular weight is 144 g/mol. The van der Waals surface area contributed by atoms with E-state index in [0.29, 0.717) is 0 Å². The Hall–Kier alpha value is -1.86. The Balaban J connectivity index is 0.000000461. The van der Waals surface area contributed by atoms with Crippen molar-refractivity contribution in [1.29, 1.82) is 0 Å². The van der Waals surface area contributed by atoms with Crippen LogP contribution in [0.1, 0.15) is 5.56 Å². The molecule has 0 aromatic heterocycles. The maximum Gasteiger partial charge on any atom is 0.115 e. The lowest BCUT2D eigenvalue weighted by Gasteiger charge is -1.88. The second-order valence-corrected chi connectivity index (χ2v) is 1.69. The summed E-state index contributed by atoms with van der Waals surface area (Å²) in [5.74, 6) is 2.69. The van der Waals surface area contributed by atoms with E-state index in [9.17, 15) is 0 Å². The number of rotatable bonds is 0. The normalized spacial score (nSPS) is 7.00. The topological polar surface area (TPSA) is 20.2 Å². The quantitative estimate of drug-likeness (QED) is 0.548. The molecule has 0 aliphatic carbocycles. The van der Waals surface area contributed by atoms with Gasteiger partial charge in [0.1, 0.15) is 5.75 Å². The zero-order valence-electron chi connectivity index (χ0n) is 5.99. The van der Waals surface area contributed by atoms with Crippen LogP contribution in [0.5, 0.6) is 5.75 Å². The van der Waals surface area contributed by atoms with Crippen LogP contribution in [0.4, 0.5) is 0 Å². The minimum absolute atomic E-state index is 0.244. The van der Waals surface area contributed by atoms with Crippen molar-refractivity contribution in [3.8, 4) is 30.9 Å². The summed E-state index contributed by atoms with van der Waals surface area (Å²) in [5, 5.41) is 8.78. The molecule has 11 heavy (non-hydrogen) atoms. The third-order valence-electron chi connectivity index (χ3n) is 1.03. The average Bonchev–Trinajstić information content (AvgIpc) is 2.10.